The quantitative estimate of drug-likeness (QED) is 0.749. The predicted molar refractivity (Wildman–Crippen MR) is 104 cm³/mol. The molecule has 1 aromatic rings. The van der Waals surface area contributed by atoms with Crippen molar-refractivity contribution in [1.82, 2.24) is 5.32 Å². The van der Waals surface area contributed by atoms with Crippen LogP contribution in [0.3, 0.4) is 0 Å². The molecule has 154 valence electrons. The number of Topliss-reactive ketones (excluding diaryl/α,β-unsaturated/α-hetero) is 1. The van der Waals surface area contributed by atoms with Gasteiger partial charge in [-0.2, -0.15) is 0 Å². The second kappa shape index (κ2) is 7.23. The van der Waals surface area contributed by atoms with E-state index in [0.29, 0.717) is 11.1 Å². The third-order valence-electron chi connectivity index (χ3n) is 5.11. The molecule has 1 heterocycles. The summed E-state index contributed by atoms with van der Waals surface area (Å²) in [6.07, 6.45) is 1.28. The molecule has 1 fully saturated rings. The van der Waals surface area contributed by atoms with Gasteiger partial charge in [-0.15, -0.1) is 0 Å². The summed E-state index contributed by atoms with van der Waals surface area (Å²) in [5.41, 5.74) is 0.364. The van der Waals surface area contributed by atoms with Crippen molar-refractivity contribution < 1.29 is 27.5 Å². The monoisotopic (exact) mass is 417 g/mol. The van der Waals surface area contributed by atoms with Gasteiger partial charge in [0.25, 0.3) is 5.97 Å². The van der Waals surface area contributed by atoms with Crippen molar-refractivity contribution in [3.63, 3.8) is 0 Å². The standard InChI is InChI=1S/C20H21N2O6S/c1-11-5-7-15(8-6-11)29(26,27)22-17-10-20(28-19(17)25)9-16(21-14(4)23)18(24)12(2)13(20)3/h5-9,17H,10H2,1-4H3,(H,21,23)/q-1/t17-,20+/m0/s1. The molecule has 0 radical (unpaired) electrons. The van der Waals surface area contributed by atoms with Gasteiger partial charge in [0, 0.05) is 17.4 Å². The van der Waals surface area contributed by atoms with E-state index in [1.807, 2.05) is 6.92 Å². The Hall–Kier alpha value is -2.78. The number of carbonyl (C=O) groups is 3. The summed E-state index contributed by atoms with van der Waals surface area (Å²) < 4.78 is 34.5. The van der Waals surface area contributed by atoms with E-state index in [2.05, 4.69) is 10.0 Å². The molecule has 2 aliphatic rings. The predicted octanol–water partition coefficient (Wildman–Crippen LogP) is 2.05. The molecule has 0 unspecified atom stereocenters. The van der Waals surface area contributed by atoms with Crippen LogP contribution in [-0.4, -0.2) is 37.7 Å². The summed E-state index contributed by atoms with van der Waals surface area (Å²) >= 11 is 0. The Bertz CT molecular complexity index is 1070. The maximum atomic E-state index is 12.6. The van der Waals surface area contributed by atoms with Crippen LogP contribution in [0.25, 0.3) is 4.72 Å². The number of nitrogens with zero attached hydrogens (tertiary/aromatic N) is 1. The van der Waals surface area contributed by atoms with Crippen LogP contribution in [-0.2, 0) is 29.1 Å². The summed E-state index contributed by atoms with van der Waals surface area (Å²) in [5, 5.41) is 2.44. The maximum Gasteiger partial charge on any atom is 0.290 e. The maximum absolute atomic E-state index is 12.6. The first kappa shape index (κ1) is 20.9. The Morgan fingerprint density at radius 3 is 2.38 bits per heavy atom. The number of esters is 1. The molecule has 3 rings (SSSR count). The van der Waals surface area contributed by atoms with Gasteiger partial charge >= 0.3 is 0 Å². The van der Waals surface area contributed by atoms with Crippen molar-refractivity contribution in [3.05, 3.63) is 57.5 Å². The normalized spacial score (nSPS) is 24.6. The highest BCUT2D eigenvalue weighted by Gasteiger charge is 2.47. The summed E-state index contributed by atoms with van der Waals surface area (Å²) in [4.78, 5) is 36.3. The van der Waals surface area contributed by atoms with E-state index in [9.17, 15) is 22.8 Å². The molecule has 2 atom stereocenters. The minimum Gasteiger partial charge on any atom is -0.533 e. The lowest BCUT2D eigenvalue weighted by molar-refractivity contribution is -0.144. The van der Waals surface area contributed by atoms with Gasteiger partial charge in [-0.05, 0) is 57.0 Å². The lowest BCUT2D eigenvalue weighted by atomic mass is 9.81. The highest BCUT2D eigenvalue weighted by Crippen LogP contribution is 2.43. The lowest BCUT2D eigenvalue weighted by Gasteiger charge is -2.32. The second-order valence-corrected chi connectivity index (χ2v) is 8.87. The minimum atomic E-state index is -4.07. The second-order valence-electron chi connectivity index (χ2n) is 7.24. The van der Waals surface area contributed by atoms with Crippen LogP contribution >= 0.6 is 0 Å². The van der Waals surface area contributed by atoms with Gasteiger partial charge in [-0.3, -0.25) is 14.4 Å². The van der Waals surface area contributed by atoms with Gasteiger partial charge < -0.3 is 14.8 Å². The van der Waals surface area contributed by atoms with Crippen LogP contribution in [0.15, 0.2) is 52.1 Å². The summed E-state index contributed by atoms with van der Waals surface area (Å²) in [5.74, 6) is -1.63. The Balaban J connectivity index is 1.92. The molecule has 1 aliphatic heterocycles. The van der Waals surface area contributed by atoms with E-state index >= 15 is 0 Å². The number of hydrogen-bond donors (Lipinski definition) is 1. The Labute approximate surface area is 169 Å². The number of ketones is 1. The Morgan fingerprint density at radius 2 is 1.79 bits per heavy atom. The first-order valence-corrected chi connectivity index (χ1v) is 10.4. The molecule has 1 aromatic carbocycles. The largest absolute Gasteiger partial charge is 0.533 e. The zero-order valence-electron chi connectivity index (χ0n) is 16.5. The van der Waals surface area contributed by atoms with Crippen LogP contribution in [0, 0.1) is 6.92 Å². The first-order valence-electron chi connectivity index (χ1n) is 8.95. The minimum absolute atomic E-state index is 0.00422. The van der Waals surface area contributed by atoms with Gasteiger partial charge in [0.2, 0.25) is 11.7 Å². The molecule has 0 saturated carbocycles. The first-order chi connectivity index (χ1) is 13.4. The van der Waals surface area contributed by atoms with Crippen molar-refractivity contribution in [2.24, 2.45) is 0 Å². The van der Waals surface area contributed by atoms with Crippen molar-refractivity contribution >= 4 is 27.7 Å². The van der Waals surface area contributed by atoms with E-state index in [4.69, 9.17) is 4.74 Å². The number of sulfonamides is 1. The molecule has 0 bridgehead atoms. The number of carbonyl (C=O) groups excluding carboxylic acids is 3. The van der Waals surface area contributed by atoms with Gasteiger partial charge in [0.1, 0.15) is 10.0 Å². The molecule has 8 nitrogen and oxygen atoms in total. The molecule has 1 saturated heterocycles. The van der Waals surface area contributed by atoms with Crippen molar-refractivity contribution in [2.45, 2.75) is 50.7 Å². The summed E-state index contributed by atoms with van der Waals surface area (Å²) in [6, 6.07) is 4.87. The van der Waals surface area contributed by atoms with Crippen molar-refractivity contribution in [1.29, 1.82) is 0 Å². The van der Waals surface area contributed by atoms with Crippen LogP contribution in [0.5, 0.6) is 0 Å². The Kier molecular flexibility index (Phi) is 5.22. The third kappa shape index (κ3) is 3.88. The molecule has 1 N–H and O–H groups in total. The van der Waals surface area contributed by atoms with Crippen LogP contribution in [0.2, 0.25) is 0 Å². The van der Waals surface area contributed by atoms with Gasteiger partial charge in [-0.1, -0.05) is 17.7 Å². The topological polar surface area (TPSA) is 121 Å². The van der Waals surface area contributed by atoms with E-state index in [0.717, 1.165) is 5.56 Å². The van der Waals surface area contributed by atoms with E-state index in [1.165, 1.54) is 25.1 Å². The third-order valence-corrected chi connectivity index (χ3v) is 6.51. The number of amides is 1. The fraction of sp³-hybridized carbons (Fsp3) is 0.350. The number of ether oxygens (including phenoxy) is 1. The van der Waals surface area contributed by atoms with Crippen LogP contribution in [0.1, 0.15) is 32.8 Å². The Morgan fingerprint density at radius 1 is 1.17 bits per heavy atom. The van der Waals surface area contributed by atoms with Gasteiger partial charge in [0.15, 0.2) is 5.60 Å². The zero-order chi connectivity index (χ0) is 21.6. The average molecular weight is 417 g/mol. The van der Waals surface area contributed by atoms with Gasteiger partial charge in [-0.25, -0.2) is 8.42 Å². The number of nitrogens with one attached hydrogen (secondary N) is 1. The highest BCUT2D eigenvalue weighted by atomic mass is 32.2. The van der Waals surface area contributed by atoms with E-state index < -0.39 is 33.5 Å². The number of aryl methyl sites for hydroxylation is 1. The fourth-order valence-electron chi connectivity index (χ4n) is 3.38. The summed E-state index contributed by atoms with van der Waals surface area (Å²) in [7, 11) is -4.07. The number of allylic oxidation sites excluding steroid dienone is 1. The molecule has 29 heavy (non-hydrogen) atoms. The molecule has 1 amide bonds. The molecular formula is C20H21N2O6S-. The van der Waals surface area contributed by atoms with Gasteiger partial charge in [0.05, 0.1) is 5.70 Å². The van der Waals surface area contributed by atoms with Crippen LogP contribution in [0.4, 0.5) is 0 Å². The van der Waals surface area contributed by atoms with E-state index in [1.54, 1.807) is 26.0 Å². The average Bonchev–Trinajstić information content (AvgIpc) is 2.93. The number of benzene rings is 1. The lowest BCUT2D eigenvalue weighted by Crippen LogP contribution is -2.38. The number of hydrogen-bond acceptors (Lipinski definition) is 6. The zero-order valence-corrected chi connectivity index (χ0v) is 17.3. The van der Waals surface area contributed by atoms with E-state index in [-0.39, 0.29) is 22.8 Å². The van der Waals surface area contributed by atoms with Crippen molar-refractivity contribution in [2.75, 3.05) is 0 Å². The molecule has 1 spiro atoms. The summed E-state index contributed by atoms with van der Waals surface area (Å²) in [6.45, 7) is 6.29. The smallest absolute Gasteiger partial charge is 0.290 e. The molecule has 9 heteroatoms. The molecular weight excluding hydrogens is 396 g/mol. The fourth-order valence-corrected chi connectivity index (χ4v) is 4.47. The van der Waals surface area contributed by atoms with Crippen LogP contribution < -0.4 is 5.32 Å². The SMILES string of the molecule is CC(=O)NC1=C[C@@]2(C[C@H]([N-]S(=O)(=O)c3ccc(C)cc3)C(=O)O2)C(C)=C(C)C1=O. The number of rotatable bonds is 4. The van der Waals surface area contributed by atoms with Crippen molar-refractivity contribution in [3.8, 4) is 0 Å². The highest BCUT2D eigenvalue weighted by molar-refractivity contribution is 7.94. The molecule has 1 aliphatic carbocycles. The molecule has 0 aromatic heterocycles.